The molecule has 1 saturated carbocycles. The van der Waals surface area contributed by atoms with Gasteiger partial charge < -0.3 is 15.2 Å². The smallest absolute Gasteiger partial charge is 0.0613 e. The topological polar surface area (TPSA) is 41.5 Å². The van der Waals surface area contributed by atoms with Gasteiger partial charge in [-0.15, -0.1) is 0 Å². The Morgan fingerprint density at radius 1 is 1.14 bits per heavy atom. The first-order valence-corrected chi connectivity index (χ1v) is 9.02. The molecule has 2 N–H and O–H groups in total. The fourth-order valence-electron chi connectivity index (χ4n) is 3.70. The van der Waals surface area contributed by atoms with Gasteiger partial charge in [-0.2, -0.15) is 0 Å². The summed E-state index contributed by atoms with van der Waals surface area (Å²) in [6.07, 6.45) is 8.36. The molecule has 0 aromatic heterocycles. The first-order valence-electron chi connectivity index (χ1n) is 9.02. The van der Waals surface area contributed by atoms with Gasteiger partial charge in [-0.05, 0) is 63.3 Å². The highest BCUT2D eigenvalue weighted by Gasteiger charge is 2.27. The molecule has 126 valence electrons. The molecule has 21 heavy (non-hydrogen) atoms. The monoisotopic (exact) mass is 299 g/mol. The second kappa shape index (κ2) is 9.81. The zero-order valence-electron chi connectivity index (χ0n) is 14.7. The van der Waals surface area contributed by atoms with Crippen molar-refractivity contribution in [3.8, 4) is 0 Å². The van der Waals surface area contributed by atoms with E-state index >= 15 is 0 Å². The van der Waals surface area contributed by atoms with E-state index in [2.05, 4.69) is 33.0 Å². The molecule has 1 rings (SSSR count). The molecule has 0 spiro atoms. The lowest BCUT2D eigenvalue weighted by Gasteiger charge is -2.34. The Morgan fingerprint density at radius 2 is 1.81 bits per heavy atom. The van der Waals surface area contributed by atoms with Crippen LogP contribution in [0.3, 0.4) is 0 Å². The van der Waals surface area contributed by atoms with Crippen molar-refractivity contribution in [3.63, 3.8) is 0 Å². The van der Waals surface area contributed by atoms with Crippen LogP contribution in [0.4, 0.5) is 0 Å². The Balaban J connectivity index is 2.27. The van der Waals surface area contributed by atoms with Gasteiger partial charge in [0.2, 0.25) is 0 Å². The summed E-state index contributed by atoms with van der Waals surface area (Å²) in [4.78, 5) is 0. The molecule has 0 amide bonds. The first kappa shape index (κ1) is 18.9. The molecule has 3 unspecified atom stereocenters. The molecule has 3 heteroatoms. The molecule has 0 aromatic rings. The summed E-state index contributed by atoms with van der Waals surface area (Å²) in [5.41, 5.74) is -0.105. The van der Waals surface area contributed by atoms with Gasteiger partial charge in [0.15, 0.2) is 0 Å². The van der Waals surface area contributed by atoms with E-state index < -0.39 is 0 Å². The van der Waals surface area contributed by atoms with Crippen LogP contribution in [0, 0.1) is 11.8 Å². The summed E-state index contributed by atoms with van der Waals surface area (Å²) < 4.78 is 6.10. The molecule has 0 heterocycles. The van der Waals surface area contributed by atoms with Crippen LogP contribution in [0.2, 0.25) is 0 Å². The largest absolute Gasteiger partial charge is 0.394 e. The number of ether oxygens (including phenoxy) is 1. The Kier molecular flexibility index (Phi) is 8.84. The lowest BCUT2D eigenvalue weighted by Crippen LogP contribution is -2.48. The molecule has 0 aromatic carbocycles. The van der Waals surface area contributed by atoms with Crippen LogP contribution in [-0.2, 0) is 4.74 Å². The Labute approximate surface area is 131 Å². The van der Waals surface area contributed by atoms with E-state index in [-0.39, 0.29) is 12.1 Å². The van der Waals surface area contributed by atoms with Crippen LogP contribution in [0.25, 0.3) is 0 Å². The number of aliphatic hydroxyl groups excluding tert-OH is 1. The number of rotatable bonds is 10. The third-order valence-corrected chi connectivity index (χ3v) is 5.02. The molecule has 1 aliphatic carbocycles. The SMILES string of the molecule is CCCNC(CC)(CO)CCCOC1CC(C)CC(C)C1. The van der Waals surface area contributed by atoms with Crippen LogP contribution in [0.5, 0.6) is 0 Å². The molecule has 0 bridgehead atoms. The van der Waals surface area contributed by atoms with Crippen molar-refractivity contribution in [3.05, 3.63) is 0 Å². The number of hydrogen-bond acceptors (Lipinski definition) is 3. The van der Waals surface area contributed by atoms with Crippen molar-refractivity contribution in [1.82, 2.24) is 5.32 Å². The van der Waals surface area contributed by atoms with Crippen molar-refractivity contribution in [2.24, 2.45) is 11.8 Å². The predicted octanol–water partition coefficient (Wildman–Crippen LogP) is 3.75. The lowest BCUT2D eigenvalue weighted by atomic mass is 9.82. The van der Waals surface area contributed by atoms with E-state index in [1.165, 1.54) is 19.3 Å². The Bertz CT molecular complexity index is 256. The van der Waals surface area contributed by atoms with Gasteiger partial charge in [0, 0.05) is 12.1 Å². The van der Waals surface area contributed by atoms with E-state index in [0.29, 0.717) is 6.10 Å². The molecule has 0 aliphatic heterocycles. The van der Waals surface area contributed by atoms with E-state index in [9.17, 15) is 5.11 Å². The van der Waals surface area contributed by atoms with Crippen molar-refractivity contribution >= 4 is 0 Å². The van der Waals surface area contributed by atoms with Crippen LogP contribution < -0.4 is 5.32 Å². The quantitative estimate of drug-likeness (QED) is 0.604. The highest BCUT2D eigenvalue weighted by molar-refractivity contribution is 4.86. The first-order chi connectivity index (χ1) is 10.0. The van der Waals surface area contributed by atoms with Crippen LogP contribution in [-0.4, -0.2) is 36.5 Å². The van der Waals surface area contributed by atoms with Crippen LogP contribution >= 0.6 is 0 Å². The second-order valence-electron chi connectivity index (χ2n) is 7.23. The van der Waals surface area contributed by atoms with Crippen LogP contribution in [0.1, 0.15) is 72.6 Å². The Hall–Kier alpha value is -0.120. The maximum Gasteiger partial charge on any atom is 0.0613 e. The molecule has 3 atom stereocenters. The fraction of sp³-hybridized carbons (Fsp3) is 1.00. The normalized spacial score (nSPS) is 29.3. The number of nitrogens with one attached hydrogen (secondary N) is 1. The standard InChI is InChI=1S/C18H37NO2/c1-5-9-19-18(6-2,14-20)8-7-10-21-17-12-15(3)11-16(4)13-17/h15-17,19-20H,5-14H2,1-4H3. The highest BCUT2D eigenvalue weighted by atomic mass is 16.5. The zero-order chi connectivity index (χ0) is 15.7. The molecular weight excluding hydrogens is 262 g/mol. The van der Waals surface area contributed by atoms with Gasteiger partial charge in [-0.3, -0.25) is 0 Å². The summed E-state index contributed by atoms with van der Waals surface area (Å²) in [7, 11) is 0. The maximum atomic E-state index is 9.72. The second-order valence-corrected chi connectivity index (χ2v) is 7.23. The van der Waals surface area contributed by atoms with E-state index in [1.807, 2.05) is 0 Å². The average molecular weight is 299 g/mol. The number of hydrogen-bond donors (Lipinski definition) is 2. The molecular formula is C18H37NO2. The summed E-state index contributed by atoms with van der Waals surface area (Å²) in [5.74, 6) is 1.61. The minimum atomic E-state index is -0.105. The molecule has 1 fully saturated rings. The van der Waals surface area contributed by atoms with Gasteiger partial charge in [0.05, 0.1) is 12.7 Å². The molecule has 0 saturated heterocycles. The molecule has 0 radical (unpaired) electrons. The van der Waals surface area contributed by atoms with Crippen molar-refractivity contribution in [2.45, 2.75) is 84.3 Å². The van der Waals surface area contributed by atoms with E-state index in [4.69, 9.17) is 4.74 Å². The van der Waals surface area contributed by atoms with Gasteiger partial charge in [0.1, 0.15) is 0 Å². The third-order valence-electron chi connectivity index (χ3n) is 5.02. The highest BCUT2D eigenvalue weighted by Crippen LogP contribution is 2.30. The van der Waals surface area contributed by atoms with Gasteiger partial charge >= 0.3 is 0 Å². The van der Waals surface area contributed by atoms with Gasteiger partial charge in [-0.1, -0.05) is 27.7 Å². The molecule has 1 aliphatic rings. The third kappa shape index (κ3) is 6.66. The predicted molar refractivity (Wildman–Crippen MR) is 89.6 cm³/mol. The zero-order valence-corrected chi connectivity index (χ0v) is 14.7. The van der Waals surface area contributed by atoms with Gasteiger partial charge in [0.25, 0.3) is 0 Å². The van der Waals surface area contributed by atoms with Crippen molar-refractivity contribution in [2.75, 3.05) is 19.8 Å². The minimum absolute atomic E-state index is 0.105. The van der Waals surface area contributed by atoms with E-state index in [0.717, 1.165) is 50.7 Å². The summed E-state index contributed by atoms with van der Waals surface area (Å²) in [6, 6.07) is 0. The minimum Gasteiger partial charge on any atom is -0.394 e. The average Bonchev–Trinajstić information content (AvgIpc) is 2.46. The summed E-state index contributed by atoms with van der Waals surface area (Å²) in [6.45, 7) is 11.0. The molecule has 3 nitrogen and oxygen atoms in total. The lowest BCUT2D eigenvalue weighted by molar-refractivity contribution is -0.00414. The van der Waals surface area contributed by atoms with Crippen LogP contribution in [0.15, 0.2) is 0 Å². The summed E-state index contributed by atoms with van der Waals surface area (Å²) in [5, 5.41) is 13.2. The summed E-state index contributed by atoms with van der Waals surface area (Å²) >= 11 is 0. The van der Waals surface area contributed by atoms with Crippen molar-refractivity contribution in [1.29, 1.82) is 0 Å². The van der Waals surface area contributed by atoms with Gasteiger partial charge in [-0.25, -0.2) is 0 Å². The fourth-order valence-corrected chi connectivity index (χ4v) is 3.70. The maximum absolute atomic E-state index is 9.72. The number of aliphatic hydroxyl groups is 1. The Morgan fingerprint density at radius 3 is 2.33 bits per heavy atom. The van der Waals surface area contributed by atoms with E-state index in [1.54, 1.807) is 0 Å². The van der Waals surface area contributed by atoms with Crippen molar-refractivity contribution < 1.29 is 9.84 Å².